The Balaban J connectivity index is 1.17. The van der Waals surface area contributed by atoms with Gasteiger partial charge in [-0.1, -0.05) is 62.4 Å². The van der Waals surface area contributed by atoms with Crippen LogP contribution in [0, 0.1) is 0 Å². The zero-order valence-corrected chi connectivity index (χ0v) is 24.9. The lowest BCUT2D eigenvalue weighted by Crippen LogP contribution is -2.27. The van der Waals surface area contributed by atoms with Crippen LogP contribution in [-0.2, 0) is 15.9 Å². The zero-order valence-electron chi connectivity index (χ0n) is 24.9. The number of carbonyl (C=O) groups is 1. The summed E-state index contributed by atoms with van der Waals surface area (Å²) in [6, 6.07) is 16.7. The first-order chi connectivity index (χ1) is 21.2. The van der Waals surface area contributed by atoms with E-state index in [2.05, 4.69) is 36.2 Å². The Kier molecular flexibility index (Phi) is 13.8. The summed E-state index contributed by atoms with van der Waals surface area (Å²) in [7, 11) is 0. The fourth-order valence-electron chi connectivity index (χ4n) is 4.85. The molecule has 0 unspecified atom stereocenters. The lowest BCUT2D eigenvalue weighted by Gasteiger charge is -2.21. The predicted octanol–water partition coefficient (Wildman–Crippen LogP) is 4.63. The van der Waals surface area contributed by atoms with Gasteiger partial charge in [0.15, 0.2) is 0 Å². The average molecular weight is 592 g/mol. The monoisotopic (exact) mass is 591 g/mol. The van der Waals surface area contributed by atoms with Crippen LogP contribution >= 0.6 is 0 Å². The van der Waals surface area contributed by atoms with E-state index in [1.54, 1.807) is 24.3 Å². The van der Waals surface area contributed by atoms with Crippen LogP contribution in [0.3, 0.4) is 0 Å². The summed E-state index contributed by atoms with van der Waals surface area (Å²) in [5, 5.41) is 22.5. The minimum absolute atomic E-state index is 0.108. The summed E-state index contributed by atoms with van der Waals surface area (Å²) >= 11 is 0. The highest BCUT2D eigenvalue weighted by Gasteiger charge is 2.14. The van der Waals surface area contributed by atoms with Gasteiger partial charge >= 0.3 is 0 Å². The molecule has 0 aliphatic heterocycles. The summed E-state index contributed by atoms with van der Waals surface area (Å²) in [5.41, 5.74) is 1.75. The SMILES string of the molecule is O=C(NCCOCCOCCNc1nc(NCCc2ccc(O)cc2)nc(NC2CCCCCCC2)n1)c1ccccc1. The Morgan fingerprint density at radius 3 is 2.02 bits per heavy atom. The van der Waals surface area contributed by atoms with Gasteiger partial charge in [-0.25, -0.2) is 0 Å². The molecule has 2 aromatic carbocycles. The fourth-order valence-corrected chi connectivity index (χ4v) is 4.85. The van der Waals surface area contributed by atoms with E-state index in [0.29, 0.717) is 75.5 Å². The van der Waals surface area contributed by atoms with E-state index >= 15 is 0 Å². The Bertz CT molecular complexity index is 1210. The van der Waals surface area contributed by atoms with Crippen LogP contribution in [0.4, 0.5) is 17.8 Å². The average Bonchev–Trinajstić information content (AvgIpc) is 3.00. The lowest BCUT2D eigenvalue weighted by molar-refractivity contribution is 0.0519. The van der Waals surface area contributed by atoms with Gasteiger partial charge in [0.05, 0.1) is 26.4 Å². The molecule has 3 aromatic rings. The first-order valence-corrected chi connectivity index (χ1v) is 15.4. The molecular weight excluding hydrogens is 546 g/mol. The maximum Gasteiger partial charge on any atom is 0.251 e. The number of aromatic nitrogens is 3. The number of phenolic OH excluding ortho intramolecular Hbond substituents is 1. The van der Waals surface area contributed by atoms with Crippen LogP contribution in [0.15, 0.2) is 54.6 Å². The van der Waals surface area contributed by atoms with Gasteiger partial charge in [0, 0.05) is 31.2 Å². The number of aromatic hydroxyl groups is 1. The number of nitrogens with zero attached hydrogens (tertiary/aromatic N) is 3. The summed E-state index contributed by atoms with van der Waals surface area (Å²) in [5.74, 6) is 1.73. The highest BCUT2D eigenvalue weighted by Crippen LogP contribution is 2.20. The van der Waals surface area contributed by atoms with Crippen molar-refractivity contribution in [3.8, 4) is 5.75 Å². The number of phenols is 1. The number of ether oxygens (including phenoxy) is 2. The van der Waals surface area contributed by atoms with Crippen molar-refractivity contribution in [2.24, 2.45) is 0 Å². The van der Waals surface area contributed by atoms with Crippen LogP contribution in [0.25, 0.3) is 0 Å². The maximum atomic E-state index is 12.0. The third-order valence-corrected chi connectivity index (χ3v) is 7.18. The smallest absolute Gasteiger partial charge is 0.251 e. The number of nitrogens with one attached hydrogen (secondary N) is 4. The van der Waals surface area contributed by atoms with Crippen LogP contribution in [-0.4, -0.2) is 78.1 Å². The molecule has 0 radical (unpaired) electrons. The topological polar surface area (TPSA) is 143 Å². The molecular formula is C32H45N7O4. The van der Waals surface area contributed by atoms with Crippen molar-refractivity contribution in [2.75, 3.05) is 62.0 Å². The van der Waals surface area contributed by atoms with E-state index in [1.165, 1.54) is 32.1 Å². The fraction of sp³-hybridized carbons (Fsp3) is 0.500. The Morgan fingerprint density at radius 2 is 1.33 bits per heavy atom. The molecule has 1 amide bonds. The number of anilines is 3. The molecule has 43 heavy (non-hydrogen) atoms. The molecule has 0 saturated heterocycles. The minimum Gasteiger partial charge on any atom is -0.508 e. The van der Waals surface area contributed by atoms with E-state index in [1.807, 2.05) is 30.3 Å². The maximum absolute atomic E-state index is 12.0. The van der Waals surface area contributed by atoms with Crippen LogP contribution < -0.4 is 21.3 Å². The first kappa shape index (κ1) is 32.0. The minimum atomic E-state index is -0.108. The second kappa shape index (κ2) is 18.6. The second-order valence-electron chi connectivity index (χ2n) is 10.6. The molecule has 232 valence electrons. The molecule has 11 heteroatoms. The largest absolute Gasteiger partial charge is 0.508 e. The van der Waals surface area contributed by atoms with Crippen molar-refractivity contribution < 1.29 is 19.4 Å². The van der Waals surface area contributed by atoms with Gasteiger partial charge in [0.25, 0.3) is 5.91 Å². The Hall–Kier alpha value is -3.96. The Labute approximate surface area is 254 Å². The summed E-state index contributed by atoms with van der Waals surface area (Å²) in [6.45, 7) is 3.40. The molecule has 11 nitrogen and oxygen atoms in total. The zero-order chi connectivity index (χ0) is 30.0. The molecule has 0 atom stereocenters. The van der Waals surface area contributed by atoms with Crippen molar-refractivity contribution in [3.05, 3.63) is 65.7 Å². The van der Waals surface area contributed by atoms with Gasteiger partial charge in [-0.05, 0) is 49.1 Å². The van der Waals surface area contributed by atoms with Gasteiger partial charge < -0.3 is 35.8 Å². The molecule has 4 rings (SSSR count). The number of hydrogen-bond donors (Lipinski definition) is 5. The van der Waals surface area contributed by atoms with Crippen molar-refractivity contribution in [1.29, 1.82) is 0 Å². The van der Waals surface area contributed by atoms with Crippen molar-refractivity contribution in [3.63, 3.8) is 0 Å². The highest BCUT2D eigenvalue weighted by molar-refractivity contribution is 5.94. The van der Waals surface area contributed by atoms with E-state index < -0.39 is 0 Å². The summed E-state index contributed by atoms with van der Waals surface area (Å²) in [4.78, 5) is 25.9. The van der Waals surface area contributed by atoms with E-state index in [9.17, 15) is 9.90 Å². The third kappa shape index (κ3) is 12.4. The van der Waals surface area contributed by atoms with Gasteiger partial charge in [-0.2, -0.15) is 15.0 Å². The number of benzene rings is 2. The van der Waals surface area contributed by atoms with Gasteiger partial charge in [0.1, 0.15) is 5.75 Å². The van der Waals surface area contributed by atoms with Gasteiger partial charge in [-0.15, -0.1) is 0 Å². The van der Waals surface area contributed by atoms with E-state index in [4.69, 9.17) is 9.47 Å². The molecule has 1 heterocycles. The molecule has 0 bridgehead atoms. The van der Waals surface area contributed by atoms with Crippen LogP contribution in [0.1, 0.15) is 60.9 Å². The molecule has 1 aromatic heterocycles. The second-order valence-corrected chi connectivity index (χ2v) is 10.6. The van der Waals surface area contributed by atoms with Crippen molar-refractivity contribution in [2.45, 2.75) is 57.4 Å². The summed E-state index contributed by atoms with van der Waals surface area (Å²) in [6.07, 6.45) is 9.33. The first-order valence-electron chi connectivity index (χ1n) is 15.4. The number of carbonyl (C=O) groups excluding carboxylic acids is 1. The summed E-state index contributed by atoms with van der Waals surface area (Å²) < 4.78 is 11.2. The van der Waals surface area contributed by atoms with Crippen molar-refractivity contribution in [1.82, 2.24) is 20.3 Å². The standard InChI is InChI=1S/C32H45N7O4/c40-28-15-13-25(14-16-28)17-18-34-30-37-31(39-32(38-30)36-27-11-7-2-1-3-8-12-27)35-20-22-43-24-23-42-21-19-33-29(41)26-9-5-4-6-10-26/h4-6,9-10,13-16,27,40H,1-3,7-8,11-12,17-24H2,(H,33,41)(H3,34,35,36,37,38,39). The van der Waals surface area contributed by atoms with Crippen LogP contribution in [0.5, 0.6) is 5.75 Å². The number of rotatable bonds is 17. The normalized spacial score (nSPS) is 14.0. The molecule has 5 N–H and O–H groups in total. The van der Waals surface area contributed by atoms with Crippen molar-refractivity contribution >= 4 is 23.8 Å². The Morgan fingerprint density at radius 1 is 0.721 bits per heavy atom. The van der Waals surface area contributed by atoms with E-state index in [0.717, 1.165) is 24.8 Å². The molecule has 0 spiro atoms. The molecule has 1 fully saturated rings. The van der Waals surface area contributed by atoms with E-state index in [-0.39, 0.29) is 11.7 Å². The third-order valence-electron chi connectivity index (χ3n) is 7.18. The van der Waals surface area contributed by atoms with Gasteiger partial charge in [-0.3, -0.25) is 4.79 Å². The van der Waals surface area contributed by atoms with Gasteiger partial charge in [0.2, 0.25) is 17.8 Å². The molecule has 1 aliphatic carbocycles. The molecule has 1 aliphatic rings. The molecule has 1 saturated carbocycles. The highest BCUT2D eigenvalue weighted by atomic mass is 16.5. The predicted molar refractivity (Wildman–Crippen MR) is 169 cm³/mol. The quantitative estimate of drug-likeness (QED) is 0.141. The van der Waals surface area contributed by atoms with Crippen LogP contribution in [0.2, 0.25) is 0 Å². The number of hydrogen-bond acceptors (Lipinski definition) is 10. The lowest BCUT2D eigenvalue weighted by atomic mass is 9.97. The number of amides is 1.